The summed E-state index contributed by atoms with van der Waals surface area (Å²) in [4.78, 5) is 4.31. The summed E-state index contributed by atoms with van der Waals surface area (Å²) in [5, 5.41) is 3.89. The molecule has 2 aromatic rings. The first-order valence-electron chi connectivity index (χ1n) is 6.01. The van der Waals surface area contributed by atoms with Gasteiger partial charge in [-0.1, -0.05) is 34.9 Å². The maximum absolute atomic E-state index is 13.3. The first kappa shape index (κ1) is 14.1. The monoisotopic (exact) mass is 327 g/mol. The van der Waals surface area contributed by atoms with E-state index in [0.717, 1.165) is 0 Å². The van der Waals surface area contributed by atoms with Crippen LogP contribution in [0, 0.1) is 11.7 Å². The van der Waals surface area contributed by atoms with E-state index in [1.807, 2.05) is 13.8 Å². The van der Waals surface area contributed by atoms with Crippen molar-refractivity contribution in [3.63, 3.8) is 0 Å². The van der Waals surface area contributed by atoms with Crippen molar-refractivity contribution < 1.29 is 8.91 Å². The van der Waals surface area contributed by atoms with E-state index in [0.29, 0.717) is 34.2 Å². The summed E-state index contributed by atoms with van der Waals surface area (Å²) in [6, 6.07) is 4.48. The van der Waals surface area contributed by atoms with Gasteiger partial charge < -0.3 is 10.3 Å². The van der Waals surface area contributed by atoms with Crippen LogP contribution in [0.1, 0.15) is 25.7 Å². The zero-order valence-corrected chi connectivity index (χ0v) is 12.3. The molecule has 0 fully saturated rings. The van der Waals surface area contributed by atoms with Crippen LogP contribution in [0.3, 0.4) is 0 Å². The number of rotatable bonds is 4. The Morgan fingerprint density at radius 1 is 1.37 bits per heavy atom. The molecule has 0 aliphatic rings. The molecule has 0 spiro atoms. The minimum absolute atomic E-state index is 0.0123. The molecule has 1 unspecified atom stereocenters. The number of nitrogens with zero attached hydrogens (tertiary/aromatic N) is 2. The molecule has 19 heavy (non-hydrogen) atoms. The van der Waals surface area contributed by atoms with Crippen LogP contribution in [-0.4, -0.2) is 16.7 Å². The molecule has 0 radical (unpaired) electrons. The summed E-state index contributed by atoms with van der Waals surface area (Å²) in [7, 11) is 0. The van der Waals surface area contributed by atoms with Crippen LogP contribution in [0.25, 0.3) is 11.4 Å². The highest BCUT2D eigenvalue weighted by Crippen LogP contribution is 2.26. The summed E-state index contributed by atoms with van der Waals surface area (Å²) < 4.78 is 19.2. The topological polar surface area (TPSA) is 64.9 Å². The standard InChI is InChI=1S/C13H15BrFN3O/c1-7(2)11(6-16)13-17-12(18-19-13)8-3-9(14)5-10(15)4-8/h3-5,7,11H,6,16H2,1-2H3. The minimum atomic E-state index is -0.352. The van der Waals surface area contributed by atoms with Gasteiger partial charge in [0.2, 0.25) is 11.7 Å². The Kier molecular flexibility index (Phi) is 4.31. The van der Waals surface area contributed by atoms with Gasteiger partial charge in [0.05, 0.1) is 5.92 Å². The molecule has 0 aliphatic carbocycles. The van der Waals surface area contributed by atoms with E-state index in [9.17, 15) is 4.39 Å². The van der Waals surface area contributed by atoms with E-state index in [4.69, 9.17) is 10.3 Å². The largest absolute Gasteiger partial charge is 0.339 e. The van der Waals surface area contributed by atoms with E-state index >= 15 is 0 Å². The SMILES string of the molecule is CC(C)C(CN)c1nc(-c2cc(F)cc(Br)c2)no1. The Labute approximate surface area is 119 Å². The fourth-order valence-electron chi connectivity index (χ4n) is 1.84. The lowest BCUT2D eigenvalue weighted by atomic mass is 9.96. The van der Waals surface area contributed by atoms with Crippen LogP contribution in [0.2, 0.25) is 0 Å². The Morgan fingerprint density at radius 2 is 2.11 bits per heavy atom. The van der Waals surface area contributed by atoms with Crippen LogP contribution >= 0.6 is 15.9 Å². The average molecular weight is 328 g/mol. The van der Waals surface area contributed by atoms with E-state index in [-0.39, 0.29) is 11.7 Å². The Hall–Kier alpha value is -1.27. The molecule has 1 aromatic carbocycles. The van der Waals surface area contributed by atoms with Crippen LogP contribution in [0.15, 0.2) is 27.2 Å². The van der Waals surface area contributed by atoms with E-state index in [1.165, 1.54) is 12.1 Å². The van der Waals surface area contributed by atoms with Crippen molar-refractivity contribution >= 4 is 15.9 Å². The molecule has 6 heteroatoms. The van der Waals surface area contributed by atoms with Gasteiger partial charge in [-0.3, -0.25) is 0 Å². The Morgan fingerprint density at radius 3 is 2.68 bits per heavy atom. The lowest BCUT2D eigenvalue weighted by molar-refractivity contribution is 0.324. The molecular formula is C13H15BrFN3O. The van der Waals surface area contributed by atoms with Gasteiger partial charge in [-0.15, -0.1) is 0 Å². The zero-order valence-electron chi connectivity index (χ0n) is 10.7. The molecule has 0 aliphatic heterocycles. The van der Waals surface area contributed by atoms with Crippen molar-refractivity contribution in [3.05, 3.63) is 34.4 Å². The summed E-state index contributed by atoms with van der Waals surface area (Å²) in [6.07, 6.45) is 0. The van der Waals surface area contributed by atoms with Gasteiger partial charge in [-0.2, -0.15) is 4.98 Å². The van der Waals surface area contributed by atoms with Crippen molar-refractivity contribution in [1.82, 2.24) is 10.1 Å². The molecule has 102 valence electrons. The maximum Gasteiger partial charge on any atom is 0.231 e. The quantitative estimate of drug-likeness (QED) is 0.935. The molecule has 2 N–H and O–H groups in total. The number of aromatic nitrogens is 2. The van der Waals surface area contributed by atoms with Crippen LogP contribution in [-0.2, 0) is 0 Å². The van der Waals surface area contributed by atoms with Crippen molar-refractivity contribution in [2.24, 2.45) is 11.7 Å². The molecule has 0 bridgehead atoms. The molecule has 1 heterocycles. The Balaban J connectivity index is 2.35. The van der Waals surface area contributed by atoms with E-state index in [1.54, 1.807) is 6.07 Å². The molecule has 1 atom stereocenters. The van der Waals surface area contributed by atoms with Crippen LogP contribution in [0.5, 0.6) is 0 Å². The third-order valence-electron chi connectivity index (χ3n) is 2.94. The first-order valence-corrected chi connectivity index (χ1v) is 6.80. The van der Waals surface area contributed by atoms with Crippen molar-refractivity contribution in [2.45, 2.75) is 19.8 Å². The van der Waals surface area contributed by atoms with Gasteiger partial charge in [0.25, 0.3) is 0 Å². The molecular weight excluding hydrogens is 313 g/mol. The van der Waals surface area contributed by atoms with E-state index < -0.39 is 0 Å². The van der Waals surface area contributed by atoms with Crippen molar-refractivity contribution in [2.75, 3.05) is 6.54 Å². The van der Waals surface area contributed by atoms with Gasteiger partial charge in [0.15, 0.2) is 0 Å². The van der Waals surface area contributed by atoms with E-state index in [2.05, 4.69) is 26.1 Å². The highest BCUT2D eigenvalue weighted by molar-refractivity contribution is 9.10. The van der Waals surface area contributed by atoms with Crippen LogP contribution in [0.4, 0.5) is 4.39 Å². The Bertz CT molecular complexity index is 551. The van der Waals surface area contributed by atoms with Crippen LogP contribution < -0.4 is 5.73 Å². The predicted octanol–water partition coefficient (Wildman–Crippen LogP) is 3.34. The number of benzene rings is 1. The second-order valence-corrected chi connectivity index (χ2v) is 5.62. The van der Waals surface area contributed by atoms with Gasteiger partial charge in [0, 0.05) is 16.6 Å². The summed E-state index contributed by atoms with van der Waals surface area (Å²) >= 11 is 3.24. The first-order chi connectivity index (χ1) is 9.01. The molecule has 0 amide bonds. The number of halogens is 2. The average Bonchev–Trinajstić information content (AvgIpc) is 2.77. The smallest absolute Gasteiger partial charge is 0.231 e. The molecule has 0 saturated heterocycles. The predicted molar refractivity (Wildman–Crippen MR) is 74.0 cm³/mol. The van der Waals surface area contributed by atoms with Gasteiger partial charge in [-0.25, -0.2) is 4.39 Å². The van der Waals surface area contributed by atoms with Gasteiger partial charge in [-0.05, 0) is 24.1 Å². The highest BCUT2D eigenvalue weighted by Gasteiger charge is 2.21. The molecule has 1 aromatic heterocycles. The number of hydrogen-bond acceptors (Lipinski definition) is 4. The molecule has 0 saturated carbocycles. The van der Waals surface area contributed by atoms with Crippen molar-refractivity contribution in [1.29, 1.82) is 0 Å². The fourth-order valence-corrected chi connectivity index (χ4v) is 2.31. The fraction of sp³-hybridized carbons (Fsp3) is 0.385. The minimum Gasteiger partial charge on any atom is -0.339 e. The molecule has 2 rings (SSSR count). The normalized spacial score (nSPS) is 12.9. The van der Waals surface area contributed by atoms with Gasteiger partial charge in [0.1, 0.15) is 5.82 Å². The maximum atomic E-state index is 13.3. The highest BCUT2D eigenvalue weighted by atomic mass is 79.9. The zero-order chi connectivity index (χ0) is 14.0. The second kappa shape index (κ2) is 5.79. The second-order valence-electron chi connectivity index (χ2n) is 4.70. The molecule has 4 nitrogen and oxygen atoms in total. The van der Waals surface area contributed by atoms with Gasteiger partial charge >= 0.3 is 0 Å². The lowest BCUT2D eigenvalue weighted by Crippen LogP contribution is -2.18. The summed E-state index contributed by atoms with van der Waals surface area (Å²) in [5.41, 5.74) is 6.28. The summed E-state index contributed by atoms with van der Waals surface area (Å²) in [5.74, 6) is 0.827. The third kappa shape index (κ3) is 3.19. The van der Waals surface area contributed by atoms with Crippen molar-refractivity contribution in [3.8, 4) is 11.4 Å². The summed E-state index contributed by atoms with van der Waals surface area (Å²) in [6.45, 7) is 4.52. The third-order valence-corrected chi connectivity index (χ3v) is 3.40. The number of nitrogens with two attached hydrogens (primary N) is 1. The number of hydrogen-bond donors (Lipinski definition) is 1. The lowest BCUT2D eigenvalue weighted by Gasteiger charge is -2.13.